The topological polar surface area (TPSA) is 90.9 Å². The summed E-state index contributed by atoms with van der Waals surface area (Å²) in [5, 5.41) is 2.61. The van der Waals surface area contributed by atoms with Crippen molar-refractivity contribution in [1.29, 1.82) is 0 Å². The second-order valence-electron chi connectivity index (χ2n) is 5.23. The zero-order valence-corrected chi connectivity index (χ0v) is 13.2. The van der Waals surface area contributed by atoms with Crippen LogP contribution in [0.1, 0.15) is 10.4 Å². The minimum atomic E-state index is -0.646. The third kappa shape index (κ3) is 4.35. The van der Waals surface area contributed by atoms with Gasteiger partial charge in [0.05, 0.1) is 5.69 Å². The normalized spacial score (nSPS) is 12.4. The number of ether oxygens (including phenoxy) is 3. The number of hydrogen-bond donors (Lipinski definition) is 1. The molecule has 7 heteroatoms. The number of anilines is 1. The number of carbonyl (C=O) groups is 3. The number of rotatable bonds is 6. The van der Waals surface area contributed by atoms with Crippen LogP contribution in [0.25, 0.3) is 0 Å². The number of carbonyl (C=O) groups excluding carboxylic acids is 3. The Hall–Kier alpha value is -3.35. The predicted molar refractivity (Wildman–Crippen MR) is 87.8 cm³/mol. The maximum Gasteiger partial charge on any atom is 0.344 e. The molecule has 0 radical (unpaired) electrons. The van der Waals surface area contributed by atoms with Crippen molar-refractivity contribution in [2.24, 2.45) is 0 Å². The molecule has 1 aliphatic rings. The molecule has 0 fully saturated rings. The minimum absolute atomic E-state index is 0.0562. The Morgan fingerprint density at radius 2 is 1.88 bits per heavy atom. The molecular weight excluding hydrogens is 326 g/mol. The molecule has 1 heterocycles. The van der Waals surface area contributed by atoms with Crippen LogP contribution >= 0.6 is 0 Å². The molecule has 2 aromatic rings. The summed E-state index contributed by atoms with van der Waals surface area (Å²) in [4.78, 5) is 35.1. The Morgan fingerprint density at radius 3 is 2.68 bits per heavy atom. The maximum atomic E-state index is 12.1. The molecule has 0 aromatic heterocycles. The number of esters is 1. The second kappa shape index (κ2) is 7.48. The van der Waals surface area contributed by atoms with Gasteiger partial charge in [-0.05, 0) is 30.3 Å². The van der Waals surface area contributed by atoms with Gasteiger partial charge in [0.2, 0.25) is 0 Å². The minimum Gasteiger partial charge on any atom is -0.482 e. The molecule has 0 aliphatic carbocycles. The molecular formula is C18H15NO6. The highest BCUT2D eigenvalue weighted by Crippen LogP contribution is 2.28. The van der Waals surface area contributed by atoms with E-state index < -0.39 is 18.4 Å². The number of hydrogen-bond acceptors (Lipinski definition) is 6. The van der Waals surface area contributed by atoms with Gasteiger partial charge in [0, 0.05) is 5.56 Å². The van der Waals surface area contributed by atoms with E-state index in [-0.39, 0.29) is 19.1 Å². The summed E-state index contributed by atoms with van der Waals surface area (Å²) in [5.41, 5.74) is 0.724. The highest BCUT2D eigenvalue weighted by atomic mass is 16.6. The van der Waals surface area contributed by atoms with Crippen LogP contribution in [0.2, 0.25) is 0 Å². The molecule has 7 nitrogen and oxygen atoms in total. The van der Waals surface area contributed by atoms with Crippen molar-refractivity contribution in [1.82, 2.24) is 0 Å². The van der Waals surface area contributed by atoms with E-state index >= 15 is 0 Å². The first-order chi connectivity index (χ1) is 12.1. The number of amides is 1. The summed E-state index contributed by atoms with van der Waals surface area (Å²) in [6.07, 6.45) is 0. The lowest BCUT2D eigenvalue weighted by Gasteiger charge is -2.18. The van der Waals surface area contributed by atoms with Gasteiger partial charge in [0.1, 0.15) is 11.5 Å². The van der Waals surface area contributed by atoms with E-state index in [0.717, 1.165) is 0 Å². The van der Waals surface area contributed by atoms with Crippen molar-refractivity contribution < 1.29 is 28.6 Å². The lowest BCUT2D eigenvalue weighted by Crippen LogP contribution is -2.25. The molecule has 0 saturated carbocycles. The Bertz CT molecular complexity index is 802. The molecule has 1 aliphatic heterocycles. The Morgan fingerprint density at radius 1 is 1.08 bits per heavy atom. The summed E-state index contributed by atoms with van der Waals surface area (Å²) < 4.78 is 15.4. The summed E-state index contributed by atoms with van der Waals surface area (Å²) in [6, 6.07) is 13.4. The van der Waals surface area contributed by atoms with Gasteiger partial charge in [-0.3, -0.25) is 9.59 Å². The third-order valence-electron chi connectivity index (χ3n) is 3.40. The molecule has 0 atom stereocenters. The first-order valence-electron chi connectivity index (χ1n) is 7.55. The van der Waals surface area contributed by atoms with Crippen LogP contribution < -0.4 is 14.8 Å². The zero-order valence-electron chi connectivity index (χ0n) is 13.2. The monoisotopic (exact) mass is 341 g/mol. The predicted octanol–water partition coefficient (Wildman–Crippen LogP) is 1.82. The Kier molecular flexibility index (Phi) is 4.94. The molecule has 1 N–H and O–H groups in total. The van der Waals surface area contributed by atoms with Gasteiger partial charge in [-0.15, -0.1) is 0 Å². The number of ketones is 1. The van der Waals surface area contributed by atoms with Gasteiger partial charge in [0.25, 0.3) is 5.91 Å². The lowest BCUT2D eigenvalue weighted by molar-refractivity contribution is -0.144. The fourth-order valence-electron chi connectivity index (χ4n) is 2.19. The van der Waals surface area contributed by atoms with Crippen LogP contribution in [0.3, 0.4) is 0 Å². The molecule has 3 rings (SSSR count). The average molecular weight is 341 g/mol. The number of benzene rings is 2. The first kappa shape index (κ1) is 16.5. The molecule has 0 bridgehead atoms. The van der Waals surface area contributed by atoms with Crippen LogP contribution in [0.5, 0.6) is 11.5 Å². The van der Waals surface area contributed by atoms with Gasteiger partial charge < -0.3 is 19.5 Å². The van der Waals surface area contributed by atoms with Crippen LogP contribution in [0.15, 0.2) is 48.5 Å². The summed E-state index contributed by atoms with van der Waals surface area (Å²) >= 11 is 0. The van der Waals surface area contributed by atoms with Crippen LogP contribution in [-0.4, -0.2) is 37.5 Å². The SMILES string of the molecule is O=C1COc2ccc(C(=O)COC(=O)COc3ccccc3)cc2N1. The molecule has 0 unspecified atom stereocenters. The van der Waals surface area contributed by atoms with E-state index in [2.05, 4.69) is 5.32 Å². The zero-order chi connectivity index (χ0) is 17.6. The molecule has 0 saturated heterocycles. The van der Waals surface area contributed by atoms with Crippen molar-refractivity contribution in [3.05, 3.63) is 54.1 Å². The smallest absolute Gasteiger partial charge is 0.344 e. The molecule has 128 valence electrons. The van der Waals surface area contributed by atoms with E-state index in [9.17, 15) is 14.4 Å². The molecule has 1 amide bonds. The van der Waals surface area contributed by atoms with Crippen LogP contribution in [0, 0.1) is 0 Å². The molecule has 2 aromatic carbocycles. The number of para-hydroxylation sites is 1. The van der Waals surface area contributed by atoms with Crippen molar-refractivity contribution in [2.75, 3.05) is 25.1 Å². The lowest BCUT2D eigenvalue weighted by atomic mass is 10.1. The standard InChI is InChI=1S/C18H15NO6/c20-15(9-25-18(22)11-23-13-4-2-1-3-5-13)12-6-7-16-14(8-12)19-17(21)10-24-16/h1-8H,9-11H2,(H,19,21). The van der Waals surface area contributed by atoms with Crippen LogP contribution in [-0.2, 0) is 14.3 Å². The van der Waals surface area contributed by atoms with E-state index in [1.54, 1.807) is 36.4 Å². The number of fused-ring (bicyclic) bond motifs is 1. The second-order valence-corrected chi connectivity index (χ2v) is 5.23. The van der Waals surface area contributed by atoms with Gasteiger partial charge in [-0.1, -0.05) is 18.2 Å². The van der Waals surface area contributed by atoms with E-state index in [1.165, 1.54) is 6.07 Å². The van der Waals surface area contributed by atoms with Crippen molar-refractivity contribution in [3.8, 4) is 11.5 Å². The van der Waals surface area contributed by atoms with Gasteiger partial charge >= 0.3 is 5.97 Å². The van der Waals surface area contributed by atoms with Gasteiger partial charge in [-0.2, -0.15) is 0 Å². The van der Waals surface area contributed by atoms with E-state index in [4.69, 9.17) is 14.2 Å². The Balaban J connectivity index is 1.51. The molecule has 25 heavy (non-hydrogen) atoms. The van der Waals surface area contributed by atoms with Crippen LogP contribution in [0.4, 0.5) is 5.69 Å². The number of nitrogens with one attached hydrogen (secondary N) is 1. The van der Waals surface area contributed by atoms with Crippen molar-refractivity contribution in [2.45, 2.75) is 0 Å². The average Bonchev–Trinajstić information content (AvgIpc) is 2.64. The summed E-state index contributed by atoms with van der Waals surface area (Å²) in [6.45, 7) is -0.755. The Labute approximate surface area is 143 Å². The fourth-order valence-corrected chi connectivity index (χ4v) is 2.19. The number of Topliss-reactive ketones (excluding diaryl/α,β-unsaturated/α-hetero) is 1. The van der Waals surface area contributed by atoms with Gasteiger partial charge in [0.15, 0.2) is 25.6 Å². The van der Waals surface area contributed by atoms with E-state index in [1.807, 2.05) is 6.07 Å². The van der Waals surface area contributed by atoms with Gasteiger partial charge in [-0.25, -0.2) is 4.79 Å². The fraction of sp³-hybridized carbons (Fsp3) is 0.167. The molecule has 0 spiro atoms. The van der Waals surface area contributed by atoms with Crippen molar-refractivity contribution >= 4 is 23.3 Å². The maximum absolute atomic E-state index is 12.1. The van der Waals surface area contributed by atoms with E-state index in [0.29, 0.717) is 22.7 Å². The third-order valence-corrected chi connectivity index (χ3v) is 3.40. The van der Waals surface area contributed by atoms with Crippen molar-refractivity contribution in [3.63, 3.8) is 0 Å². The summed E-state index contributed by atoms with van der Waals surface area (Å²) in [7, 11) is 0. The quantitative estimate of drug-likeness (QED) is 0.637. The highest BCUT2D eigenvalue weighted by molar-refractivity contribution is 6.01. The summed E-state index contributed by atoms with van der Waals surface area (Å²) in [5.74, 6) is -0.301. The largest absolute Gasteiger partial charge is 0.482 e. The highest BCUT2D eigenvalue weighted by Gasteiger charge is 2.18. The first-order valence-corrected chi connectivity index (χ1v) is 7.55.